The van der Waals surface area contributed by atoms with Gasteiger partial charge in [0.2, 0.25) is 0 Å². The Bertz CT molecular complexity index is 423. The van der Waals surface area contributed by atoms with E-state index in [0.29, 0.717) is 11.2 Å². The molecule has 0 aliphatic carbocycles. The summed E-state index contributed by atoms with van der Waals surface area (Å²) in [5.41, 5.74) is 1.22. The molecule has 1 unspecified atom stereocenters. The third kappa shape index (κ3) is 3.08. The molecule has 2 rings (SSSR count). The summed E-state index contributed by atoms with van der Waals surface area (Å²) < 4.78 is 0. The van der Waals surface area contributed by atoms with E-state index in [1.807, 2.05) is 11.8 Å². The van der Waals surface area contributed by atoms with E-state index in [9.17, 15) is 0 Å². The summed E-state index contributed by atoms with van der Waals surface area (Å²) in [6, 6.07) is 10.5. The summed E-state index contributed by atoms with van der Waals surface area (Å²) in [6.45, 7) is 9.87. The summed E-state index contributed by atoms with van der Waals surface area (Å²) in [5, 5.41) is 5.28. The summed E-state index contributed by atoms with van der Waals surface area (Å²) in [7, 11) is 0. The van der Waals surface area contributed by atoms with E-state index in [1.165, 1.54) is 5.56 Å². The quantitative estimate of drug-likeness (QED) is 0.899. The van der Waals surface area contributed by atoms with E-state index in [1.54, 1.807) is 0 Å². The van der Waals surface area contributed by atoms with Crippen LogP contribution in [0.5, 0.6) is 0 Å². The Morgan fingerprint density at radius 2 is 1.94 bits per heavy atom. The van der Waals surface area contributed by atoms with Gasteiger partial charge in [-0.05, 0) is 25.3 Å². The van der Waals surface area contributed by atoms with Gasteiger partial charge in [-0.25, -0.2) is 0 Å². The van der Waals surface area contributed by atoms with Crippen LogP contribution in [0.4, 0.5) is 0 Å². The molecule has 98 valence electrons. The highest BCUT2D eigenvalue weighted by Gasteiger charge is 2.27. The number of rotatable bonds is 3. The summed E-state index contributed by atoms with van der Waals surface area (Å²) in [4.78, 5) is 4.62. The lowest BCUT2D eigenvalue weighted by Gasteiger charge is -2.28. The van der Waals surface area contributed by atoms with Crippen molar-refractivity contribution in [2.24, 2.45) is 10.9 Å². The van der Waals surface area contributed by atoms with E-state index in [4.69, 9.17) is 0 Å². The van der Waals surface area contributed by atoms with Gasteiger partial charge < -0.3 is 5.32 Å². The first-order valence-corrected chi connectivity index (χ1v) is 7.42. The number of nitrogens with one attached hydrogen (secondary N) is 1. The summed E-state index contributed by atoms with van der Waals surface area (Å²) in [6.07, 6.45) is 0. The summed E-state index contributed by atoms with van der Waals surface area (Å²) >= 11 is 1.88. The second kappa shape index (κ2) is 5.35. The van der Waals surface area contributed by atoms with Crippen LogP contribution >= 0.6 is 11.8 Å². The first kappa shape index (κ1) is 13.5. The van der Waals surface area contributed by atoms with Gasteiger partial charge in [0.25, 0.3) is 0 Å². The largest absolute Gasteiger partial charge is 0.356 e. The third-order valence-corrected chi connectivity index (χ3v) is 4.79. The molecule has 0 fully saturated rings. The second-order valence-electron chi connectivity index (χ2n) is 5.66. The Morgan fingerprint density at radius 1 is 1.28 bits per heavy atom. The smallest absolute Gasteiger partial charge is 0.157 e. The lowest BCUT2D eigenvalue weighted by molar-refractivity contribution is 0.490. The van der Waals surface area contributed by atoms with Crippen LogP contribution in [-0.2, 0) is 5.54 Å². The first-order chi connectivity index (χ1) is 8.49. The highest BCUT2D eigenvalue weighted by atomic mass is 32.2. The molecule has 1 aliphatic heterocycles. The second-order valence-corrected chi connectivity index (χ2v) is 6.89. The molecule has 0 spiro atoms. The van der Waals surface area contributed by atoms with Crippen LogP contribution in [0.15, 0.2) is 35.3 Å². The molecular weight excluding hydrogens is 240 g/mol. The van der Waals surface area contributed by atoms with Gasteiger partial charge >= 0.3 is 0 Å². The molecule has 0 saturated heterocycles. The number of hydrogen-bond donors (Lipinski definition) is 1. The van der Waals surface area contributed by atoms with Gasteiger partial charge in [0.1, 0.15) is 0 Å². The van der Waals surface area contributed by atoms with Crippen LogP contribution in [0.2, 0.25) is 0 Å². The molecule has 1 N–H and O–H groups in total. The maximum Gasteiger partial charge on any atom is 0.157 e. The van der Waals surface area contributed by atoms with E-state index >= 15 is 0 Å². The maximum atomic E-state index is 4.62. The van der Waals surface area contributed by atoms with Crippen LogP contribution in [0.1, 0.15) is 33.3 Å². The zero-order valence-electron chi connectivity index (χ0n) is 11.6. The van der Waals surface area contributed by atoms with Crippen LogP contribution in [0, 0.1) is 5.92 Å². The number of aliphatic imine (C=N–C) groups is 1. The Labute approximate surface area is 114 Å². The summed E-state index contributed by atoms with van der Waals surface area (Å²) in [5.74, 6) is 0.679. The van der Waals surface area contributed by atoms with Crippen molar-refractivity contribution in [1.82, 2.24) is 5.32 Å². The fourth-order valence-electron chi connectivity index (χ4n) is 2.00. The number of thioether (sulfide) groups is 1. The topological polar surface area (TPSA) is 24.4 Å². The molecule has 1 aliphatic rings. The van der Waals surface area contributed by atoms with Crippen molar-refractivity contribution in [2.45, 2.75) is 38.5 Å². The predicted octanol–water partition coefficient (Wildman–Crippen LogP) is 3.64. The predicted molar refractivity (Wildman–Crippen MR) is 81.1 cm³/mol. The maximum absolute atomic E-state index is 4.62. The molecule has 1 aromatic rings. The minimum Gasteiger partial charge on any atom is -0.356 e. The van der Waals surface area contributed by atoms with Crippen LogP contribution in [-0.4, -0.2) is 17.0 Å². The number of hydrogen-bond acceptors (Lipinski definition) is 3. The fraction of sp³-hybridized carbons (Fsp3) is 0.533. The van der Waals surface area contributed by atoms with Crippen molar-refractivity contribution in [3.8, 4) is 0 Å². The zero-order valence-corrected chi connectivity index (χ0v) is 12.4. The van der Waals surface area contributed by atoms with Crippen molar-refractivity contribution in [1.29, 1.82) is 0 Å². The minimum atomic E-state index is -0.0705. The zero-order chi connectivity index (χ0) is 13.2. The van der Waals surface area contributed by atoms with Gasteiger partial charge in [0.05, 0.1) is 12.1 Å². The van der Waals surface area contributed by atoms with Gasteiger partial charge in [0, 0.05) is 5.25 Å². The molecule has 2 nitrogen and oxygen atoms in total. The molecule has 18 heavy (non-hydrogen) atoms. The molecule has 0 amide bonds. The lowest BCUT2D eigenvalue weighted by atomic mass is 9.95. The number of nitrogens with zero attached hydrogens (tertiary/aromatic N) is 1. The average molecular weight is 262 g/mol. The first-order valence-electron chi connectivity index (χ1n) is 6.54. The molecule has 0 bridgehead atoms. The molecule has 0 aromatic heterocycles. The number of benzene rings is 1. The van der Waals surface area contributed by atoms with E-state index in [-0.39, 0.29) is 5.54 Å². The molecule has 0 radical (unpaired) electrons. The Morgan fingerprint density at radius 3 is 2.50 bits per heavy atom. The molecule has 1 atom stereocenters. The van der Waals surface area contributed by atoms with Crippen molar-refractivity contribution >= 4 is 16.9 Å². The van der Waals surface area contributed by atoms with Crippen LogP contribution < -0.4 is 5.32 Å². The van der Waals surface area contributed by atoms with Gasteiger partial charge in [0.15, 0.2) is 5.17 Å². The molecule has 1 heterocycles. The Balaban J connectivity index is 2.02. The van der Waals surface area contributed by atoms with Gasteiger partial charge in [-0.3, -0.25) is 4.99 Å². The van der Waals surface area contributed by atoms with Crippen molar-refractivity contribution in [3.05, 3.63) is 35.9 Å². The Hall–Kier alpha value is -0.960. The highest BCUT2D eigenvalue weighted by Crippen LogP contribution is 2.29. The minimum absolute atomic E-state index is 0.0705. The van der Waals surface area contributed by atoms with E-state index in [0.717, 1.165) is 11.7 Å². The van der Waals surface area contributed by atoms with Crippen LogP contribution in [0.25, 0.3) is 0 Å². The van der Waals surface area contributed by atoms with Gasteiger partial charge in [-0.1, -0.05) is 55.9 Å². The SMILES string of the molecule is CC(C)C1CN=C(NC(C)(C)c2ccccc2)S1. The lowest BCUT2D eigenvalue weighted by Crippen LogP contribution is -2.39. The van der Waals surface area contributed by atoms with Crippen LogP contribution in [0.3, 0.4) is 0 Å². The van der Waals surface area contributed by atoms with E-state index < -0.39 is 0 Å². The van der Waals surface area contributed by atoms with E-state index in [2.05, 4.69) is 68.3 Å². The third-order valence-electron chi connectivity index (χ3n) is 3.34. The highest BCUT2D eigenvalue weighted by molar-refractivity contribution is 8.14. The molecule has 1 aromatic carbocycles. The number of amidine groups is 1. The normalized spacial score (nSPS) is 20.1. The van der Waals surface area contributed by atoms with Gasteiger partial charge in [-0.15, -0.1) is 0 Å². The molecular formula is C15H22N2S. The van der Waals surface area contributed by atoms with Gasteiger partial charge in [-0.2, -0.15) is 0 Å². The van der Waals surface area contributed by atoms with Crippen molar-refractivity contribution < 1.29 is 0 Å². The average Bonchev–Trinajstić information content (AvgIpc) is 2.78. The standard InChI is InChI=1S/C15H22N2S/c1-11(2)13-10-16-14(18-13)17-15(3,4)12-8-6-5-7-9-12/h5-9,11,13H,10H2,1-4H3,(H,16,17). The molecule has 0 saturated carbocycles. The fourth-order valence-corrected chi connectivity index (χ4v) is 3.17. The Kier molecular flexibility index (Phi) is 4.00. The van der Waals surface area contributed by atoms with Crippen molar-refractivity contribution in [2.75, 3.05) is 6.54 Å². The molecule has 3 heteroatoms. The monoisotopic (exact) mass is 262 g/mol. The van der Waals surface area contributed by atoms with Crippen molar-refractivity contribution in [3.63, 3.8) is 0 Å².